The van der Waals surface area contributed by atoms with Crippen LogP contribution in [0.25, 0.3) is 0 Å². The fraction of sp³-hybridized carbons (Fsp3) is 0.571. The van der Waals surface area contributed by atoms with Crippen LogP contribution in [-0.4, -0.2) is 37.5 Å². The number of aliphatic hydroxyl groups is 1. The molecule has 4 N–H and O–H groups in total. The van der Waals surface area contributed by atoms with Crippen LogP contribution in [0.5, 0.6) is 0 Å². The maximum absolute atomic E-state index is 12.7. The Balaban J connectivity index is 2.26. The summed E-state index contributed by atoms with van der Waals surface area (Å²) >= 11 is 0. The minimum atomic E-state index is -3.53. The van der Waals surface area contributed by atoms with E-state index in [9.17, 15) is 13.5 Å². The van der Waals surface area contributed by atoms with Gasteiger partial charge in [0.25, 0.3) is 0 Å². The van der Waals surface area contributed by atoms with Crippen LogP contribution >= 0.6 is 0 Å². The summed E-state index contributed by atoms with van der Waals surface area (Å²) in [6.45, 7) is 3.97. The number of hydrazine groups is 1. The number of nitrogens with two attached hydrogens (primary N) is 1. The lowest BCUT2D eigenvalue weighted by Gasteiger charge is -2.34. The van der Waals surface area contributed by atoms with Gasteiger partial charge in [-0.25, -0.2) is 12.7 Å². The highest BCUT2D eigenvalue weighted by Gasteiger charge is 2.32. The Hall–Kier alpha value is -1.15. The second-order valence-electron chi connectivity index (χ2n) is 5.86. The number of hydrogen-bond donors (Lipinski definition) is 3. The first kappa shape index (κ1) is 16.2. The monoisotopic (exact) mass is 313 g/mol. The van der Waals surface area contributed by atoms with Crippen molar-refractivity contribution in [2.24, 2.45) is 11.8 Å². The van der Waals surface area contributed by atoms with E-state index in [2.05, 4.69) is 5.43 Å². The van der Waals surface area contributed by atoms with Crippen LogP contribution in [-0.2, 0) is 10.0 Å². The second-order valence-corrected chi connectivity index (χ2v) is 7.84. The Morgan fingerprint density at radius 3 is 2.29 bits per heavy atom. The molecule has 0 amide bonds. The van der Waals surface area contributed by atoms with Gasteiger partial charge in [0.2, 0.25) is 10.0 Å². The van der Waals surface area contributed by atoms with E-state index in [4.69, 9.17) is 5.84 Å². The number of nitrogens with one attached hydrogen (secondary N) is 1. The second kappa shape index (κ2) is 5.92. The lowest BCUT2D eigenvalue weighted by atomic mass is 9.82. The molecular weight excluding hydrogens is 290 g/mol. The number of aryl methyl sites for hydroxylation is 2. The molecule has 7 heteroatoms. The van der Waals surface area contributed by atoms with Crippen LogP contribution < -0.4 is 11.3 Å². The normalized spacial score (nSPS) is 22.2. The fourth-order valence-corrected chi connectivity index (χ4v) is 4.56. The van der Waals surface area contributed by atoms with Crippen LogP contribution in [0, 0.1) is 19.8 Å². The summed E-state index contributed by atoms with van der Waals surface area (Å²) in [6, 6.07) is 3.45. The maximum atomic E-state index is 12.7. The molecular formula is C14H23N3O3S. The van der Waals surface area contributed by atoms with Crippen molar-refractivity contribution in [1.29, 1.82) is 0 Å². The van der Waals surface area contributed by atoms with Gasteiger partial charge in [0.05, 0.1) is 11.0 Å². The first-order chi connectivity index (χ1) is 9.75. The van der Waals surface area contributed by atoms with Gasteiger partial charge in [-0.1, -0.05) is 0 Å². The van der Waals surface area contributed by atoms with Crippen molar-refractivity contribution in [1.82, 2.24) is 4.31 Å². The molecule has 1 saturated carbocycles. The number of benzene rings is 1. The number of aliphatic hydroxyl groups excluding tert-OH is 1. The quantitative estimate of drug-likeness (QED) is 0.556. The molecule has 0 bridgehead atoms. The molecule has 0 heterocycles. The molecule has 118 valence electrons. The highest BCUT2D eigenvalue weighted by Crippen LogP contribution is 2.31. The highest BCUT2D eigenvalue weighted by molar-refractivity contribution is 7.89. The van der Waals surface area contributed by atoms with Gasteiger partial charge < -0.3 is 10.5 Å². The third-order valence-corrected chi connectivity index (χ3v) is 6.15. The van der Waals surface area contributed by atoms with Crippen molar-refractivity contribution in [2.75, 3.05) is 19.0 Å². The Morgan fingerprint density at radius 1 is 1.33 bits per heavy atom. The molecule has 1 aliphatic rings. The highest BCUT2D eigenvalue weighted by atomic mass is 32.2. The Labute approximate surface area is 126 Å². The van der Waals surface area contributed by atoms with Crippen molar-refractivity contribution in [3.8, 4) is 0 Å². The zero-order chi connectivity index (χ0) is 15.8. The van der Waals surface area contributed by atoms with Crippen LogP contribution in [0.15, 0.2) is 17.0 Å². The molecule has 0 aromatic heterocycles. The molecule has 1 aromatic rings. The third kappa shape index (κ3) is 3.21. The smallest absolute Gasteiger partial charge is 0.243 e. The molecule has 0 aliphatic heterocycles. The first-order valence-electron chi connectivity index (χ1n) is 6.98. The Morgan fingerprint density at radius 2 is 1.86 bits per heavy atom. The van der Waals surface area contributed by atoms with E-state index in [-0.39, 0.29) is 12.0 Å². The molecule has 1 aliphatic carbocycles. The SMILES string of the molecule is Cc1cc(NN)cc(C)c1S(=O)(=O)N(C)CC1CC(O)C1. The van der Waals surface area contributed by atoms with E-state index in [0.29, 0.717) is 41.1 Å². The van der Waals surface area contributed by atoms with Crippen LogP contribution in [0.2, 0.25) is 0 Å². The standard InChI is InChI=1S/C14H23N3O3S/c1-9-4-12(16-15)5-10(2)14(9)21(19,20)17(3)8-11-6-13(18)7-11/h4-5,11,13,16,18H,6-8,15H2,1-3H3. The van der Waals surface area contributed by atoms with Crippen molar-refractivity contribution >= 4 is 15.7 Å². The van der Waals surface area contributed by atoms with Gasteiger partial charge in [-0.3, -0.25) is 5.84 Å². The summed E-state index contributed by atoms with van der Waals surface area (Å²) in [7, 11) is -1.94. The number of anilines is 1. The van der Waals surface area contributed by atoms with Crippen LogP contribution in [0.4, 0.5) is 5.69 Å². The molecule has 1 aromatic carbocycles. The van der Waals surface area contributed by atoms with E-state index in [1.807, 2.05) is 0 Å². The summed E-state index contributed by atoms with van der Waals surface area (Å²) in [6.07, 6.45) is 1.08. The predicted molar refractivity (Wildman–Crippen MR) is 82.3 cm³/mol. The summed E-state index contributed by atoms with van der Waals surface area (Å²) in [4.78, 5) is 0.337. The number of nitrogens with zero attached hydrogens (tertiary/aromatic N) is 1. The average Bonchev–Trinajstić information content (AvgIpc) is 2.35. The van der Waals surface area contributed by atoms with E-state index in [0.717, 1.165) is 0 Å². The molecule has 0 saturated heterocycles. The topological polar surface area (TPSA) is 95.7 Å². The Bertz CT molecular complexity index is 601. The third-order valence-electron chi connectivity index (χ3n) is 4.02. The molecule has 0 unspecified atom stereocenters. The zero-order valence-corrected chi connectivity index (χ0v) is 13.4. The number of hydrogen-bond acceptors (Lipinski definition) is 5. The Kier molecular flexibility index (Phi) is 4.57. The van der Waals surface area contributed by atoms with E-state index >= 15 is 0 Å². The molecule has 6 nitrogen and oxygen atoms in total. The molecule has 21 heavy (non-hydrogen) atoms. The molecule has 0 atom stereocenters. The number of sulfonamides is 1. The van der Waals surface area contributed by atoms with Crippen molar-refractivity contribution in [2.45, 2.75) is 37.7 Å². The number of rotatable bonds is 5. The van der Waals surface area contributed by atoms with Crippen LogP contribution in [0.1, 0.15) is 24.0 Å². The van der Waals surface area contributed by atoms with Gasteiger partial charge in [0.15, 0.2) is 0 Å². The zero-order valence-electron chi connectivity index (χ0n) is 12.6. The fourth-order valence-electron chi connectivity index (χ4n) is 2.91. The first-order valence-corrected chi connectivity index (χ1v) is 8.42. The minimum Gasteiger partial charge on any atom is -0.393 e. The van der Waals surface area contributed by atoms with Crippen molar-refractivity contribution in [3.05, 3.63) is 23.3 Å². The van der Waals surface area contributed by atoms with E-state index < -0.39 is 10.0 Å². The van der Waals surface area contributed by atoms with Gasteiger partial charge in [-0.05, 0) is 55.9 Å². The van der Waals surface area contributed by atoms with Crippen molar-refractivity contribution < 1.29 is 13.5 Å². The van der Waals surface area contributed by atoms with E-state index in [1.54, 1.807) is 33.0 Å². The molecule has 2 rings (SSSR count). The largest absolute Gasteiger partial charge is 0.393 e. The summed E-state index contributed by atoms with van der Waals surface area (Å²) in [5, 5.41) is 9.31. The molecule has 0 radical (unpaired) electrons. The minimum absolute atomic E-state index is 0.241. The number of nitrogen functional groups attached to an aromatic ring is 1. The van der Waals surface area contributed by atoms with Gasteiger partial charge in [-0.15, -0.1) is 0 Å². The van der Waals surface area contributed by atoms with E-state index in [1.165, 1.54) is 4.31 Å². The summed E-state index contributed by atoms with van der Waals surface area (Å²) < 4.78 is 26.9. The van der Waals surface area contributed by atoms with Gasteiger partial charge in [-0.2, -0.15) is 0 Å². The van der Waals surface area contributed by atoms with Gasteiger partial charge in [0, 0.05) is 19.3 Å². The lowest BCUT2D eigenvalue weighted by molar-refractivity contribution is 0.0367. The van der Waals surface area contributed by atoms with Gasteiger partial charge in [0.1, 0.15) is 0 Å². The molecule has 0 spiro atoms. The summed E-state index contributed by atoms with van der Waals surface area (Å²) in [5.74, 6) is 5.62. The maximum Gasteiger partial charge on any atom is 0.243 e. The van der Waals surface area contributed by atoms with Crippen molar-refractivity contribution in [3.63, 3.8) is 0 Å². The molecule has 1 fully saturated rings. The lowest BCUT2D eigenvalue weighted by Crippen LogP contribution is -2.39. The predicted octanol–water partition coefficient (Wildman–Crippen LogP) is 0.980. The summed E-state index contributed by atoms with van der Waals surface area (Å²) in [5.41, 5.74) is 4.56. The van der Waals surface area contributed by atoms with Gasteiger partial charge >= 0.3 is 0 Å². The average molecular weight is 313 g/mol. The van der Waals surface area contributed by atoms with Crippen LogP contribution in [0.3, 0.4) is 0 Å².